The number of carbonyl (C=O) groups is 1. The van der Waals surface area contributed by atoms with Crippen molar-refractivity contribution in [1.29, 1.82) is 0 Å². The van der Waals surface area contributed by atoms with Crippen LogP contribution in [0.15, 0.2) is 18.5 Å². The maximum Gasteiger partial charge on any atom is 0.360 e. The summed E-state index contributed by atoms with van der Waals surface area (Å²) in [5.74, 6) is -0.436. The average molecular weight is 263 g/mol. The standard InChI is InChI=1S/C12H17N5O2/c1-3-5-10-11(12(18)19-2)14-15-17(10)9-8-16-7-4-6-13-16/h4,6-7H,3,5,8-9H2,1-2H3. The van der Waals surface area contributed by atoms with Gasteiger partial charge in [0.2, 0.25) is 0 Å². The van der Waals surface area contributed by atoms with E-state index in [0.717, 1.165) is 18.5 Å². The highest BCUT2D eigenvalue weighted by Crippen LogP contribution is 2.10. The Bertz CT molecular complexity index is 532. The molecular formula is C12H17N5O2. The third kappa shape index (κ3) is 2.98. The first-order valence-corrected chi connectivity index (χ1v) is 6.24. The summed E-state index contributed by atoms with van der Waals surface area (Å²) in [6.07, 6.45) is 5.28. The molecule has 0 saturated heterocycles. The molecule has 102 valence electrons. The Morgan fingerprint density at radius 3 is 2.89 bits per heavy atom. The minimum absolute atomic E-state index is 0.310. The lowest BCUT2D eigenvalue weighted by Gasteiger charge is -2.06. The average Bonchev–Trinajstić information content (AvgIpc) is 3.05. The van der Waals surface area contributed by atoms with Gasteiger partial charge in [0.05, 0.1) is 25.9 Å². The van der Waals surface area contributed by atoms with Crippen LogP contribution in [-0.2, 0) is 24.2 Å². The summed E-state index contributed by atoms with van der Waals surface area (Å²) in [6, 6.07) is 1.87. The highest BCUT2D eigenvalue weighted by atomic mass is 16.5. The van der Waals surface area contributed by atoms with Crippen molar-refractivity contribution < 1.29 is 9.53 Å². The summed E-state index contributed by atoms with van der Waals surface area (Å²) >= 11 is 0. The number of aromatic nitrogens is 5. The maximum atomic E-state index is 11.6. The van der Waals surface area contributed by atoms with Crippen molar-refractivity contribution in [1.82, 2.24) is 24.8 Å². The number of esters is 1. The van der Waals surface area contributed by atoms with Crippen LogP contribution >= 0.6 is 0 Å². The van der Waals surface area contributed by atoms with Gasteiger partial charge in [-0.2, -0.15) is 5.10 Å². The fourth-order valence-corrected chi connectivity index (χ4v) is 1.88. The number of methoxy groups -OCH3 is 1. The minimum Gasteiger partial charge on any atom is -0.464 e. The fraction of sp³-hybridized carbons (Fsp3) is 0.500. The largest absolute Gasteiger partial charge is 0.464 e. The van der Waals surface area contributed by atoms with Gasteiger partial charge in [0.25, 0.3) is 0 Å². The number of hydrogen-bond donors (Lipinski definition) is 0. The van der Waals surface area contributed by atoms with E-state index >= 15 is 0 Å². The Kier molecular flexibility index (Phi) is 4.27. The lowest BCUT2D eigenvalue weighted by atomic mass is 10.2. The van der Waals surface area contributed by atoms with E-state index in [4.69, 9.17) is 4.74 Å². The van der Waals surface area contributed by atoms with Crippen molar-refractivity contribution in [2.75, 3.05) is 7.11 Å². The van der Waals surface area contributed by atoms with Crippen LogP contribution in [0, 0.1) is 0 Å². The van der Waals surface area contributed by atoms with Crippen molar-refractivity contribution >= 4 is 5.97 Å². The van der Waals surface area contributed by atoms with Crippen LogP contribution < -0.4 is 0 Å². The molecule has 7 nitrogen and oxygen atoms in total. The lowest BCUT2D eigenvalue weighted by molar-refractivity contribution is 0.0592. The molecule has 0 unspecified atom stereocenters. The van der Waals surface area contributed by atoms with Crippen LogP contribution in [0.25, 0.3) is 0 Å². The molecule has 0 aromatic carbocycles. The van der Waals surface area contributed by atoms with Gasteiger partial charge < -0.3 is 4.74 Å². The quantitative estimate of drug-likeness (QED) is 0.724. The van der Waals surface area contributed by atoms with Gasteiger partial charge in [-0.3, -0.25) is 4.68 Å². The van der Waals surface area contributed by atoms with Gasteiger partial charge in [0, 0.05) is 12.4 Å². The highest BCUT2D eigenvalue weighted by molar-refractivity contribution is 5.88. The van der Waals surface area contributed by atoms with Gasteiger partial charge >= 0.3 is 5.97 Å². The number of carbonyl (C=O) groups excluding carboxylic acids is 1. The van der Waals surface area contributed by atoms with Crippen LogP contribution in [0.4, 0.5) is 0 Å². The van der Waals surface area contributed by atoms with Gasteiger partial charge in [-0.05, 0) is 12.5 Å². The number of nitrogens with zero attached hydrogens (tertiary/aromatic N) is 5. The molecule has 2 heterocycles. The van der Waals surface area contributed by atoms with Gasteiger partial charge in [0.1, 0.15) is 0 Å². The number of ether oxygens (including phenoxy) is 1. The SMILES string of the molecule is CCCc1c(C(=O)OC)nnn1CCn1cccn1. The van der Waals surface area contributed by atoms with Gasteiger partial charge in [-0.1, -0.05) is 18.6 Å². The molecule has 0 aliphatic carbocycles. The van der Waals surface area contributed by atoms with E-state index in [2.05, 4.69) is 15.4 Å². The number of rotatable bonds is 6. The van der Waals surface area contributed by atoms with Crippen LogP contribution in [-0.4, -0.2) is 37.9 Å². The zero-order valence-electron chi connectivity index (χ0n) is 11.1. The molecule has 0 bridgehead atoms. The summed E-state index contributed by atoms with van der Waals surface area (Å²) in [4.78, 5) is 11.6. The van der Waals surface area contributed by atoms with E-state index < -0.39 is 5.97 Å². The normalized spacial score (nSPS) is 10.6. The van der Waals surface area contributed by atoms with Crippen LogP contribution in [0.5, 0.6) is 0 Å². The highest BCUT2D eigenvalue weighted by Gasteiger charge is 2.19. The second-order valence-electron chi connectivity index (χ2n) is 4.12. The topological polar surface area (TPSA) is 74.8 Å². The van der Waals surface area contributed by atoms with E-state index in [1.807, 2.05) is 23.9 Å². The molecule has 0 N–H and O–H groups in total. The summed E-state index contributed by atoms with van der Waals surface area (Å²) in [6.45, 7) is 3.36. The molecule has 2 aromatic heterocycles. The molecule has 2 rings (SSSR count). The van der Waals surface area contributed by atoms with Crippen molar-refractivity contribution in [2.45, 2.75) is 32.9 Å². The zero-order chi connectivity index (χ0) is 13.7. The van der Waals surface area contributed by atoms with E-state index in [9.17, 15) is 4.79 Å². The van der Waals surface area contributed by atoms with E-state index in [1.165, 1.54) is 7.11 Å². The molecule has 0 aliphatic rings. The monoisotopic (exact) mass is 263 g/mol. The van der Waals surface area contributed by atoms with Crippen molar-refractivity contribution in [3.8, 4) is 0 Å². The molecule has 0 atom stereocenters. The molecule has 19 heavy (non-hydrogen) atoms. The number of hydrogen-bond acceptors (Lipinski definition) is 5. The first kappa shape index (κ1) is 13.3. The Morgan fingerprint density at radius 2 is 2.26 bits per heavy atom. The van der Waals surface area contributed by atoms with Crippen LogP contribution in [0.2, 0.25) is 0 Å². The second kappa shape index (κ2) is 6.12. The van der Waals surface area contributed by atoms with Gasteiger partial charge in [-0.25, -0.2) is 9.48 Å². The smallest absolute Gasteiger partial charge is 0.360 e. The predicted molar refractivity (Wildman–Crippen MR) is 67.6 cm³/mol. The maximum absolute atomic E-state index is 11.6. The lowest BCUT2D eigenvalue weighted by Crippen LogP contribution is -2.13. The molecule has 0 amide bonds. The van der Waals surface area contributed by atoms with Crippen molar-refractivity contribution in [3.63, 3.8) is 0 Å². The summed E-state index contributed by atoms with van der Waals surface area (Å²) < 4.78 is 8.28. The van der Waals surface area contributed by atoms with Crippen LogP contribution in [0.1, 0.15) is 29.5 Å². The Balaban J connectivity index is 2.15. The Labute approximate surface area is 111 Å². The van der Waals surface area contributed by atoms with E-state index in [0.29, 0.717) is 18.8 Å². The van der Waals surface area contributed by atoms with E-state index in [1.54, 1.807) is 10.9 Å². The fourth-order valence-electron chi connectivity index (χ4n) is 1.88. The van der Waals surface area contributed by atoms with Crippen molar-refractivity contribution in [3.05, 3.63) is 29.8 Å². The number of aryl methyl sites for hydroxylation is 2. The van der Waals surface area contributed by atoms with E-state index in [-0.39, 0.29) is 0 Å². The second-order valence-corrected chi connectivity index (χ2v) is 4.12. The Hall–Kier alpha value is -2.18. The van der Waals surface area contributed by atoms with Gasteiger partial charge in [-0.15, -0.1) is 5.10 Å². The van der Waals surface area contributed by atoms with Gasteiger partial charge in [0.15, 0.2) is 5.69 Å². The summed E-state index contributed by atoms with van der Waals surface area (Å²) in [5.41, 5.74) is 1.13. The zero-order valence-corrected chi connectivity index (χ0v) is 11.1. The first-order valence-electron chi connectivity index (χ1n) is 6.24. The molecule has 2 aromatic rings. The third-order valence-electron chi connectivity index (χ3n) is 2.80. The molecule has 0 spiro atoms. The minimum atomic E-state index is -0.436. The predicted octanol–water partition coefficient (Wildman–Crippen LogP) is 0.914. The molecule has 0 aliphatic heterocycles. The van der Waals surface area contributed by atoms with Crippen molar-refractivity contribution in [2.24, 2.45) is 0 Å². The molecule has 7 heteroatoms. The molecular weight excluding hydrogens is 246 g/mol. The summed E-state index contributed by atoms with van der Waals surface area (Å²) in [5, 5.41) is 12.1. The third-order valence-corrected chi connectivity index (χ3v) is 2.80. The Morgan fingerprint density at radius 1 is 1.42 bits per heavy atom. The first-order chi connectivity index (χ1) is 9.26. The van der Waals surface area contributed by atoms with Crippen LogP contribution in [0.3, 0.4) is 0 Å². The molecule has 0 fully saturated rings. The molecule has 0 saturated carbocycles. The summed E-state index contributed by atoms with van der Waals surface area (Å²) in [7, 11) is 1.35. The molecule has 0 radical (unpaired) electrons.